The third-order valence-corrected chi connectivity index (χ3v) is 3.45. The third-order valence-electron chi connectivity index (χ3n) is 3.45. The van der Waals surface area contributed by atoms with Gasteiger partial charge in [-0.05, 0) is 31.4 Å². The van der Waals surface area contributed by atoms with Gasteiger partial charge in [0.05, 0.1) is 6.10 Å². The minimum absolute atomic E-state index is 0.196. The molecule has 0 amide bonds. The second kappa shape index (κ2) is 10.0. The maximum absolute atomic E-state index is 10.6. The standard InChI is InChI=1S/C18H26O3/c1-3-5-6-7-11-16(4-2)21-17-12-9-8-10-15(17)13-14-18(19)20/h8-10,12-14,16H,3-7,11H2,1-2H3,(H,19,20). The van der Waals surface area contributed by atoms with Crippen molar-refractivity contribution in [3.8, 4) is 5.75 Å². The first-order valence-corrected chi connectivity index (χ1v) is 7.84. The summed E-state index contributed by atoms with van der Waals surface area (Å²) in [4.78, 5) is 10.6. The summed E-state index contributed by atoms with van der Waals surface area (Å²) in [6.07, 6.45) is 9.87. The second-order valence-electron chi connectivity index (χ2n) is 5.21. The van der Waals surface area contributed by atoms with Gasteiger partial charge in [0.15, 0.2) is 0 Å². The average Bonchev–Trinajstić information content (AvgIpc) is 2.49. The molecule has 3 nitrogen and oxygen atoms in total. The number of carboxylic acids is 1. The van der Waals surface area contributed by atoms with E-state index in [0.717, 1.165) is 30.2 Å². The number of hydrogen-bond acceptors (Lipinski definition) is 2. The van der Waals surface area contributed by atoms with Crippen LogP contribution in [-0.4, -0.2) is 17.2 Å². The van der Waals surface area contributed by atoms with Crippen molar-refractivity contribution in [3.63, 3.8) is 0 Å². The van der Waals surface area contributed by atoms with Crippen LogP contribution in [-0.2, 0) is 4.79 Å². The van der Waals surface area contributed by atoms with Crippen LogP contribution in [0, 0.1) is 0 Å². The largest absolute Gasteiger partial charge is 0.490 e. The van der Waals surface area contributed by atoms with E-state index in [1.165, 1.54) is 25.7 Å². The number of ether oxygens (including phenoxy) is 1. The molecule has 21 heavy (non-hydrogen) atoms. The van der Waals surface area contributed by atoms with E-state index in [9.17, 15) is 4.79 Å². The Hall–Kier alpha value is -1.77. The van der Waals surface area contributed by atoms with Crippen molar-refractivity contribution in [2.45, 2.75) is 58.5 Å². The van der Waals surface area contributed by atoms with Gasteiger partial charge in [-0.3, -0.25) is 0 Å². The minimum Gasteiger partial charge on any atom is -0.490 e. The highest BCUT2D eigenvalue weighted by Crippen LogP contribution is 2.23. The van der Waals surface area contributed by atoms with Gasteiger partial charge >= 0.3 is 5.97 Å². The van der Waals surface area contributed by atoms with E-state index < -0.39 is 5.97 Å². The summed E-state index contributed by atoms with van der Waals surface area (Å²) in [6, 6.07) is 7.57. The van der Waals surface area contributed by atoms with E-state index in [1.54, 1.807) is 6.08 Å². The molecule has 1 aromatic carbocycles. The van der Waals surface area contributed by atoms with Gasteiger partial charge in [0.2, 0.25) is 0 Å². The lowest BCUT2D eigenvalue weighted by Crippen LogP contribution is -2.15. The van der Waals surface area contributed by atoms with Crippen molar-refractivity contribution in [1.82, 2.24) is 0 Å². The molecule has 1 N–H and O–H groups in total. The molecule has 0 heterocycles. The maximum atomic E-state index is 10.6. The molecule has 0 saturated heterocycles. The van der Waals surface area contributed by atoms with Crippen molar-refractivity contribution in [2.24, 2.45) is 0 Å². The van der Waals surface area contributed by atoms with Crippen LogP contribution in [0.15, 0.2) is 30.3 Å². The Morgan fingerprint density at radius 2 is 2.00 bits per heavy atom. The van der Waals surface area contributed by atoms with E-state index in [1.807, 2.05) is 24.3 Å². The molecule has 1 aromatic rings. The molecular weight excluding hydrogens is 264 g/mol. The average molecular weight is 290 g/mol. The molecule has 0 bridgehead atoms. The number of carbonyl (C=O) groups is 1. The number of benzene rings is 1. The topological polar surface area (TPSA) is 46.5 Å². The van der Waals surface area contributed by atoms with Gasteiger partial charge in [-0.1, -0.05) is 51.3 Å². The SMILES string of the molecule is CCCCCCC(CC)Oc1ccccc1C=CC(=O)O. The van der Waals surface area contributed by atoms with Crippen LogP contribution in [0.25, 0.3) is 6.08 Å². The predicted molar refractivity (Wildman–Crippen MR) is 86.6 cm³/mol. The fourth-order valence-corrected chi connectivity index (χ4v) is 2.21. The van der Waals surface area contributed by atoms with Crippen LogP contribution in [0.1, 0.15) is 57.9 Å². The number of unbranched alkanes of at least 4 members (excludes halogenated alkanes) is 3. The highest BCUT2D eigenvalue weighted by atomic mass is 16.5. The van der Waals surface area contributed by atoms with Gasteiger partial charge in [-0.15, -0.1) is 0 Å². The summed E-state index contributed by atoms with van der Waals surface area (Å²) in [7, 11) is 0. The van der Waals surface area contributed by atoms with Crippen LogP contribution < -0.4 is 4.74 Å². The molecular formula is C18H26O3. The molecule has 0 aliphatic carbocycles. The quantitative estimate of drug-likeness (QED) is 0.492. The Balaban J connectivity index is 2.64. The van der Waals surface area contributed by atoms with Crippen LogP contribution in [0.5, 0.6) is 5.75 Å². The monoisotopic (exact) mass is 290 g/mol. The van der Waals surface area contributed by atoms with E-state index in [-0.39, 0.29) is 6.10 Å². The molecule has 1 unspecified atom stereocenters. The van der Waals surface area contributed by atoms with Gasteiger partial charge in [0, 0.05) is 11.6 Å². The van der Waals surface area contributed by atoms with Crippen LogP contribution in [0.3, 0.4) is 0 Å². The van der Waals surface area contributed by atoms with Gasteiger partial charge < -0.3 is 9.84 Å². The lowest BCUT2D eigenvalue weighted by Gasteiger charge is -2.19. The molecule has 116 valence electrons. The first kappa shape index (κ1) is 17.3. The zero-order chi connectivity index (χ0) is 15.5. The Kier molecular flexibility index (Phi) is 8.25. The van der Waals surface area contributed by atoms with Crippen LogP contribution in [0.2, 0.25) is 0 Å². The summed E-state index contributed by atoms with van der Waals surface area (Å²) in [6.45, 7) is 4.33. The van der Waals surface area contributed by atoms with Crippen molar-refractivity contribution in [2.75, 3.05) is 0 Å². The van der Waals surface area contributed by atoms with Crippen LogP contribution >= 0.6 is 0 Å². The zero-order valence-corrected chi connectivity index (χ0v) is 13.0. The summed E-state index contributed by atoms with van der Waals surface area (Å²) < 4.78 is 6.06. The van der Waals surface area contributed by atoms with Gasteiger partial charge in [-0.25, -0.2) is 4.79 Å². The van der Waals surface area contributed by atoms with E-state index >= 15 is 0 Å². The smallest absolute Gasteiger partial charge is 0.328 e. The van der Waals surface area contributed by atoms with E-state index in [2.05, 4.69) is 13.8 Å². The minimum atomic E-state index is -0.948. The lowest BCUT2D eigenvalue weighted by atomic mass is 10.1. The van der Waals surface area contributed by atoms with Crippen LogP contribution in [0.4, 0.5) is 0 Å². The molecule has 0 saturated carbocycles. The predicted octanol–water partition coefficient (Wildman–Crippen LogP) is 4.91. The highest BCUT2D eigenvalue weighted by Gasteiger charge is 2.10. The number of hydrogen-bond donors (Lipinski definition) is 1. The molecule has 1 atom stereocenters. The zero-order valence-electron chi connectivity index (χ0n) is 13.0. The summed E-state index contributed by atoms with van der Waals surface area (Å²) in [5.74, 6) is -0.186. The van der Waals surface area contributed by atoms with Gasteiger partial charge in [-0.2, -0.15) is 0 Å². The molecule has 0 aromatic heterocycles. The Bertz CT molecular complexity index is 452. The Labute approximate surface area is 127 Å². The molecule has 0 spiro atoms. The summed E-state index contributed by atoms with van der Waals surface area (Å²) >= 11 is 0. The number of carboxylic acid groups (broad SMARTS) is 1. The van der Waals surface area contributed by atoms with Gasteiger partial charge in [0.25, 0.3) is 0 Å². The first-order chi connectivity index (χ1) is 10.2. The molecule has 0 fully saturated rings. The van der Waals surface area contributed by atoms with Crippen molar-refractivity contribution in [3.05, 3.63) is 35.9 Å². The van der Waals surface area contributed by atoms with Gasteiger partial charge in [0.1, 0.15) is 5.75 Å². The van der Waals surface area contributed by atoms with E-state index in [0.29, 0.717) is 0 Å². The molecule has 0 aliphatic heterocycles. The molecule has 0 radical (unpaired) electrons. The first-order valence-electron chi connectivity index (χ1n) is 7.84. The highest BCUT2D eigenvalue weighted by molar-refractivity contribution is 5.85. The fraction of sp³-hybridized carbons (Fsp3) is 0.500. The maximum Gasteiger partial charge on any atom is 0.328 e. The van der Waals surface area contributed by atoms with Crippen molar-refractivity contribution < 1.29 is 14.6 Å². The molecule has 3 heteroatoms. The number of aliphatic carboxylic acids is 1. The second-order valence-corrected chi connectivity index (χ2v) is 5.21. The number of rotatable bonds is 10. The number of para-hydroxylation sites is 1. The fourth-order valence-electron chi connectivity index (χ4n) is 2.21. The van der Waals surface area contributed by atoms with Crippen molar-refractivity contribution >= 4 is 12.0 Å². The van der Waals surface area contributed by atoms with E-state index in [4.69, 9.17) is 9.84 Å². The van der Waals surface area contributed by atoms with Crippen molar-refractivity contribution in [1.29, 1.82) is 0 Å². The third kappa shape index (κ3) is 6.98. The normalized spacial score (nSPS) is 12.5. The summed E-state index contributed by atoms with van der Waals surface area (Å²) in [5.41, 5.74) is 0.812. The molecule has 0 aliphatic rings. The Morgan fingerprint density at radius 1 is 1.24 bits per heavy atom. The Morgan fingerprint density at radius 3 is 2.67 bits per heavy atom. The lowest BCUT2D eigenvalue weighted by molar-refractivity contribution is -0.131. The summed E-state index contributed by atoms with van der Waals surface area (Å²) in [5, 5.41) is 8.73. The molecule has 1 rings (SSSR count).